The van der Waals surface area contributed by atoms with Crippen LogP contribution in [0.3, 0.4) is 0 Å². The van der Waals surface area contributed by atoms with E-state index in [2.05, 4.69) is 29.4 Å². The van der Waals surface area contributed by atoms with Crippen LogP contribution in [0.5, 0.6) is 0 Å². The summed E-state index contributed by atoms with van der Waals surface area (Å²) < 4.78 is 14.9. The monoisotopic (exact) mass is 374 g/mol. The number of aryl methyl sites for hydroxylation is 1. The highest BCUT2D eigenvalue weighted by Crippen LogP contribution is 2.25. The molecule has 2 heterocycles. The van der Waals surface area contributed by atoms with Crippen molar-refractivity contribution < 1.29 is 23.8 Å². The smallest absolute Gasteiger partial charge is 0.377 e. The van der Waals surface area contributed by atoms with E-state index in [1.165, 1.54) is 23.2 Å². The molecule has 2 aromatic rings. The normalized spacial score (nSPS) is 13.2. The molecule has 1 amide bonds. The number of rotatable bonds is 6. The molecule has 0 aliphatic carbocycles. The molecule has 0 atom stereocenters. The Morgan fingerprint density at radius 3 is 2.77 bits per heavy atom. The van der Waals surface area contributed by atoms with Crippen LogP contribution in [0.1, 0.15) is 12.5 Å². The van der Waals surface area contributed by atoms with Crippen molar-refractivity contribution in [2.45, 2.75) is 13.3 Å². The third-order valence-electron chi connectivity index (χ3n) is 3.59. The molecule has 0 fully saturated rings. The highest BCUT2D eigenvalue weighted by Gasteiger charge is 2.18. The molecule has 1 aliphatic heterocycles. The molecular formula is C18H18N2O5S. The molecule has 0 bridgehead atoms. The van der Waals surface area contributed by atoms with Crippen LogP contribution in [-0.2, 0) is 30.2 Å². The number of thiazole rings is 1. The third-order valence-corrected chi connectivity index (χ3v) is 4.35. The van der Waals surface area contributed by atoms with Crippen LogP contribution in [0.25, 0.3) is 11.3 Å². The van der Waals surface area contributed by atoms with E-state index in [4.69, 9.17) is 14.2 Å². The molecule has 0 saturated carbocycles. The van der Waals surface area contributed by atoms with Gasteiger partial charge in [-0.1, -0.05) is 31.2 Å². The van der Waals surface area contributed by atoms with E-state index in [1.807, 2.05) is 17.5 Å². The van der Waals surface area contributed by atoms with Crippen molar-refractivity contribution in [3.63, 3.8) is 0 Å². The Morgan fingerprint density at radius 1 is 1.27 bits per heavy atom. The summed E-state index contributed by atoms with van der Waals surface area (Å²) in [6.45, 7) is 2.32. The van der Waals surface area contributed by atoms with Gasteiger partial charge in [0.2, 0.25) is 5.76 Å². The standard InChI is InChI=1S/C18H18N2O5S/c1-2-12-3-5-13(6-4-12)14-11-26-18(19-14)20-16(21)10-25-17(22)15-9-23-7-8-24-15/h3-6,9,11H,2,7-8,10H2,1H3,(H,19,20,21). The minimum Gasteiger partial charge on any atom is -0.493 e. The molecule has 136 valence electrons. The number of anilines is 1. The predicted octanol–water partition coefficient (Wildman–Crippen LogP) is 2.74. The van der Waals surface area contributed by atoms with Crippen LogP contribution >= 0.6 is 11.3 Å². The largest absolute Gasteiger partial charge is 0.493 e. The Kier molecular flexibility index (Phi) is 5.85. The summed E-state index contributed by atoms with van der Waals surface area (Å²) in [6.07, 6.45) is 2.16. The highest BCUT2D eigenvalue weighted by atomic mass is 32.1. The van der Waals surface area contributed by atoms with Gasteiger partial charge in [0.15, 0.2) is 11.7 Å². The van der Waals surface area contributed by atoms with Gasteiger partial charge >= 0.3 is 5.97 Å². The maximum atomic E-state index is 11.9. The van der Waals surface area contributed by atoms with Crippen molar-refractivity contribution in [2.24, 2.45) is 0 Å². The zero-order chi connectivity index (χ0) is 18.4. The second kappa shape index (κ2) is 8.48. The summed E-state index contributed by atoms with van der Waals surface area (Å²) in [5, 5.41) is 4.92. The Labute approximate surface area is 154 Å². The van der Waals surface area contributed by atoms with Crippen LogP contribution in [0.2, 0.25) is 0 Å². The number of benzene rings is 1. The Bertz CT molecular complexity index is 813. The second-order valence-electron chi connectivity index (χ2n) is 5.41. The molecule has 0 spiro atoms. The number of esters is 1. The summed E-state index contributed by atoms with van der Waals surface area (Å²) in [5.74, 6) is -1.26. The van der Waals surface area contributed by atoms with E-state index in [0.29, 0.717) is 11.7 Å². The van der Waals surface area contributed by atoms with Gasteiger partial charge in [-0.2, -0.15) is 0 Å². The van der Waals surface area contributed by atoms with Crippen LogP contribution in [-0.4, -0.2) is 36.7 Å². The minimum atomic E-state index is -0.740. The van der Waals surface area contributed by atoms with Gasteiger partial charge in [0, 0.05) is 10.9 Å². The molecule has 1 aliphatic rings. The van der Waals surface area contributed by atoms with Gasteiger partial charge in [0.05, 0.1) is 5.69 Å². The quantitative estimate of drug-likeness (QED) is 0.783. The molecule has 7 nitrogen and oxygen atoms in total. The summed E-state index contributed by atoms with van der Waals surface area (Å²) in [6, 6.07) is 8.11. The molecular weight excluding hydrogens is 356 g/mol. The molecule has 0 unspecified atom stereocenters. The molecule has 1 N–H and O–H groups in total. The van der Waals surface area contributed by atoms with E-state index in [-0.39, 0.29) is 12.4 Å². The second-order valence-corrected chi connectivity index (χ2v) is 6.27. The highest BCUT2D eigenvalue weighted by molar-refractivity contribution is 7.14. The molecule has 1 aromatic carbocycles. The van der Waals surface area contributed by atoms with E-state index in [0.717, 1.165) is 17.7 Å². The molecule has 0 radical (unpaired) electrons. The zero-order valence-corrected chi connectivity index (χ0v) is 15.0. The number of nitrogens with one attached hydrogen (secondary N) is 1. The van der Waals surface area contributed by atoms with Gasteiger partial charge in [0.25, 0.3) is 5.91 Å². The van der Waals surface area contributed by atoms with Crippen molar-refractivity contribution in [2.75, 3.05) is 25.1 Å². The number of hydrogen-bond acceptors (Lipinski definition) is 7. The van der Waals surface area contributed by atoms with E-state index in [1.54, 1.807) is 0 Å². The topological polar surface area (TPSA) is 86.8 Å². The van der Waals surface area contributed by atoms with Crippen molar-refractivity contribution in [1.82, 2.24) is 4.98 Å². The lowest BCUT2D eigenvalue weighted by molar-refractivity contribution is -0.148. The minimum absolute atomic E-state index is 0.0453. The molecule has 1 aromatic heterocycles. The van der Waals surface area contributed by atoms with Crippen molar-refractivity contribution in [3.8, 4) is 11.3 Å². The van der Waals surface area contributed by atoms with Crippen molar-refractivity contribution in [1.29, 1.82) is 0 Å². The first-order chi connectivity index (χ1) is 12.7. The first kappa shape index (κ1) is 17.9. The number of nitrogens with zero attached hydrogens (tertiary/aromatic N) is 1. The molecule has 0 saturated heterocycles. The summed E-state index contributed by atoms with van der Waals surface area (Å²) >= 11 is 1.31. The van der Waals surface area contributed by atoms with Gasteiger partial charge < -0.3 is 14.2 Å². The van der Waals surface area contributed by atoms with Gasteiger partial charge in [-0.25, -0.2) is 9.78 Å². The summed E-state index contributed by atoms with van der Waals surface area (Å²) in [4.78, 5) is 28.0. The lowest BCUT2D eigenvalue weighted by Gasteiger charge is -2.14. The fourth-order valence-electron chi connectivity index (χ4n) is 2.21. The lowest BCUT2D eigenvalue weighted by Crippen LogP contribution is -2.23. The number of ether oxygens (including phenoxy) is 3. The van der Waals surface area contributed by atoms with Crippen molar-refractivity contribution in [3.05, 3.63) is 47.2 Å². The van der Waals surface area contributed by atoms with E-state index >= 15 is 0 Å². The van der Waals surface area contributed by atoms with Crippen LogP contribution < -0.4 is 5.32 Å². The van der Waals surface area contributed by atoms with Crippen molar-refractivity contribution >= 4 is 28.3 Å². The number of aromatic nitrogens is 1. The van der Waals surface area contributed by atoms with Crippen LogP contribution in [0.15, 0.2) is 41.7 Å². The molecule has 26 heavy (non-hydrogen) atoms. The first-order valence-electron chi connectivity index (χ1n) is 8.12. The Morgan fingerprint density at radius 2 is 2.08 bits per heavy atom. The zero-order valence-electron chi connectivity index (χ0n) is 14.2. The average molecular weight is 374 g/mol. The fourth-order valence-corrected chi connectivity index (χ4v) is 2.94. The third kappa shape index (κ3) is 4.60. The van der Waals surface area contributed by atoms with Crippen LogP contribution in [0.4, 0.5) is 5.13 Å². The summed E-state index contributed by atoms with van der Waals surface area (Å²) in [7, 11) is 0. The van der Waals surface area contributed by atoms with Gasteiger partial charge in [-0.15, -0.1) is 11.3 Å². The predicted molar refractivity (Wildman–Crippen MR) is 96.5 cm³/mol. The molecule has 8 heteroatoms. The Balaban J connectivity index is 1.52. The average Bonchev–Trinajstić information content (AvgIpc) is 3.15. The van der Waals surface area contributed by atoms with E-state index < -0.39 is 18.5 Å². The van der Waals surface area contributed by atoms with E-state index in [9.17, 15) is 9.59 Å². The number of amides is 1. The first-order valence-corrected chi connectivity index (χ1v) is 9.00. The SMILES string of the molecule is CCc1ccc(-c2csc(NC(=O)COC(=O)C3=COCCO3)n2)cc1. The lowest BCUT2D eigenvalue weighted by atomic mass is 10.1. The van der Waals surface area contributed by atoms with Gasteiger partial charge in [0.1, 0.15) is 19.5 Å². The molecule has 3 rings (SSSR count). The van der Waals surface area contributed by atoms with Crippen LogP contribution in [0, 0.1) is 0 Å². The maximum Gasteiger partial charge on any atom is 0.377 e. The maximum absolute atomic E-state index is 11.9. The van der Waals surface area contributed by atoms with Gasteiger partial charge in [-0.3, -0.25) is 10.1 Å². The fraction of sp³-hybridized carbons (Fsp3) is 0.278. The Hall–Kier alpha value is -2.87. The van der Waals surface area contributed by atoms with Gasteiger partial charge in [-0.05, 0) is 12.0 Å². The number of carbonyl (C=O) groups excluding carboxylic acids is 2. The summed E-state index contributed by atoms with van der Waals surface area (Å²) in [5.41, 5.74) is 3.01. The number of carbonyl (C=O) groups is 2. The number of hydrogen-bond donors (Lipinski definition) is 1.